The minimum absolute atomic E-state index is 0.113. The zero-order chi connectivity index (χ0) is 14.8. The molecule has 0 atom stereocenters. The Morgan fingerprint density at radius 2 is 1.95 bits per heavy atom. The van der Waals surface area contributed by atoms with Crippen LogP contribution in [0.3, 0.4) is 0 Å². The van der Waals surface area contributed by atoms with E-state index in [1.54, 1.807) is 22.5 Å². The predicted octanol–water partition coefficient (Wildman–Crippen LogP) is 3.37. The van der Waals surface area contributed by atoms with E-state index < -0.39 is 10.0 Å². The average Bonchev–Trinajstić information content (AvgIpc) is 2.40. The van der Waals surface area contributed by atoms with Crippen molar-refractivity contribution in [3.63, 3.8) is 0 Å². The maximum atomic E-state index is 12.8. The lowest BCUT2D eigenvalue weighted by Crippen LogP contribution is -2.41. The van der Waals surface area contributed by atoms with Crippen molar-refractivity contribution in [2.24, 2.45) is 0 Å². The molecule has 2 rings (SSSR count). The summed E-state index contributed by atoms with van der Waals surface area (Å²) in [6.45, 7) is 2.38. The average molecular weight is 361 g/mol. The standard InChI is InChI=1S/C14H21BrN2O2S/c1-2-17(12-6-4-3-5-7-12)20(18,19)14-9-8-11(15)10-13(14)16/h8-10,12H,2-7,16H2,1H3. The Balaban J connectivity index is 2.35. The van der Waals surface area contributed by atoms with Crippen molar-refractivity contribution in [2.45, 2.75) is 50.0 Å². The number of hydrogen-bond acceptors (Lipinski definition) is 3. The molecule has 1 fully saturated rings. The van der Waals surface area contributed by atoms with E-state index in [1.165, 1.54) is 6.42 Å². The first-order valence-corrected chi connectivity index (χ1v) is 9.27. The van der Waals surface area contributed by atoms with Crippen LogP contribution in [0, 0.1) is 0 Å². The number of nitrogens with two attached hydrogens (primary N) is 1. The Kier molecular flexibility index (Phi) is 5.09. The third-order valence-electron chi connectivity index (χ3n) is 3.85. The summed E-state index contributed by atoms with van der Waals surface area (Å²) in [5, 5.41) is 0. The maximum absolute atomic E-state index is 12.8. The lowest BCUT2D eigenvalue weighted by Gasteiger charge is -2.32. The van der Waals surface area contributed by atoms with Gasteiger partial charge in [-0.05, 0) is 31.0 Å². The molecule has 0 aromatic heterocycles. The molecule has 0 heterocycles. The minimum Gasteiger partial charge on any atom is -0.398 e. The van der Waals surface area contributed by atoms with Crippen molar-refractivity contribution in [3.05, 3.63) is 22.7 Å². The van der Waals surface area contributed by atoms with Gasteiger partial charge in [-0.1, -0.05) is 42.1 Å². The SMILES string of the molecule is CCN(C1CCCCC1)S(=O)(=O)c1ccc(Br)cc1N. The first-order chi connectivity index (χ1) is 9.46. The maximum Gasteiger partial charge on any atom is 0.245 e. The van der Waals surface area contributed by atoms with Gasteiger partial charge in [0.1, 0.15) is 4.90 Å². The molecule has 1 aromatic rings. The van der Waals surface area contributed by atoms with E-state index in [9.17, 15) is 8.42 Å². The van der Waals surface area contributed by atoms with Crippen molar-refractivity contribution in [3.8, 4) is 0 Å². The Labute approximate surface area is 129 Å². The number of rotatable bonds is 4. The summed E-state index contributed by atoms with van der Waals surface area (Å²) in [7, 11) is -3.51. The van der Waals surface area contributed by atoms with Gasteiger partial charge in [-0.25, -0.2) is 8.42 Å². The fraction of sp³-hybridized carbons (Fsp3) is 0.571. The second-order valence-electron chi connectivity index (χ2n) is 5.18. The zero-order valence-corrected chi connectivity index (χ0v) is 14.1. The van der Waals surface area contributed by atoms with Gasteiger partial charge in [-0.15, -0.1) is 0 Å². The highest BCUT2D eigenvalue weighted by atomic mass is 79.9. The largest absolute Gasteiger partial charge is 0.398 e. The molecular weight excluding hydrogens is 340 g/mol. The fourth-order valence-electron chi connectivity index (χ4n) is 2.87. The van der Waals surface area contributed by atoms with E-state index in [-0.39, 0.29) is 10.9 Å². The number of nitrogen functional groups attached to an aromatic ring is 1. The van der Waals surface area contributed by atoms with E-state index in [1.807, 2.05) is 6.92 Å². The molecule has 1 aliphatic rings. The van der Waals surface area contributed by atoms with Crippen LogP contribution in [0.15, 0.2) is 27.6 Å². The van der Waals surface area contributed by atoms with Crippen LogP contribution in [0.25, 0.3) is 0 Å². The third kappa shape index (κ3) is 3.18. The molecule has 1 aliphatic carbocycles. The third-order valence-corrected chi connectivity index (χ3v) is 6.45. The van der Waals surface area contributed by atoms with Gasteiger partial charge in [0.2, 0.25) is 10.0 Å². The van der Waals surface area contributed by atoms with Gasteiger partial charge in [0.25, 0.3) is 0 Å². The lowest BCUT2D eigenvalue weighted by atomic mass is 9.95. The number of anilines is 1. The van der Waals surface area contributed by atoms with E-state index in [2.05, 4.69) is 15.9 Å². The Bertz CT molecular complexity index is 569. The second kappa shape index (κ2) is 6.45. The van der Waals surface area contributed by atoms with E-state index >= 15 is 0 Å². The van der Waals surface area contributed by atoms with Crippen LogP contribution in [0.2, 0.25) is 0 Å². The first-order valence-electron chi connectivity index (χ1n) is 7.03. The molecule has 4 nitrogen and oxygen atoms in total. The summed E-state index contributed by atoms with van der Waals surface area (Å²) in [5.74, 6) is 0. The molecule has 0 spiro atoms. The highest BCUT2D eigenvalue weighted by molar-refractivity contribution is 9.10. The first kappa shape index (κ1) is 15.8. The summed E-state index contributed by atoms with van der Waals surface area (Å²) in [6.07, 6.45) is 5.31. The predicted molar refractivity (Wildman–Crippen MR) is 85.0 cm³/mol. The lowest BCUT2D eigenvalue weighted by molar-refractivity contribution is 0.261. The van der Waals surface area contributed by atoms with Gasteiger partial charge in [0.05, 0.1) is 5.69 Å². The number of sulfonamides is 1. The van der Waals surface area contributed by atoms with Crippen molar-refractivity contribution in [1.82, 2.24) is 4.31 Å². The quantitative estimate of drug-likeness (QED) is 0.837. The number of hydrogen-bond donors (Lipinski definition) is 1. The highest BCUT2D eigenvalue weighted by Gasteiger charge is 2.32. The van der Waals surface area contributed by atoms with Crippen molar-refractivity contribution in [2.75, 3.05) is 12.3 Å². The molecule has 20 heavy (non-hydrogen) atoms. The van der Waals surface area contributed by atoms with E-state index in [0.29, 0.717) is 12.2 Å². The van der Waals surface area contributed by atoms with Crippen LogP contribution in [-0.2, 0) is 10.0 Å². The monoisotopic (exact) mass is 360 g/mol. The molecule has 0 saturated heterocycles. The number of halogens is 1. The van der Waals surface area contributed by atoms with Gasteiger partial charge in [0, 0.05) is 17.1 Å². The van der Waals surface area contributed by atoms with Crippen LogP contribution in [-0.4, -0.2) is 25.3 Å². The smallest absolute Gasteiger partial charge is 0.245 e. The zero-order valence-electron chi connectivity index (χ0n) is 11.7. The topological polar surface area (TPSA) is 63.4 Å². The molecule has 6 heteroatoms. The van der Waals surface area contributed by atoms with Gasteiger partial charge in [-0.2, -0.15) is 4.31 Å². The molecule has 0 aliphatic heterocycles. The summed E-state index contributed by atoms with van der Waals surface area (Å²) < 4.78 is 28.1. The fourth-order valence-corrected chi connectivity index (χ4v) is 5.05. The summed E-state index contributed by atoms with van der Waals surface area (Å²) in [4.78, 5) is 0.216. The summed E-state index contributed by atoms with van der Waals surface area (Å²) in [6, 6.07) is 5.06. The van der Waals surface area contributed by atoms with Gasteiger partial charge in [-0.3, -0.25) is 0 Å². The summed E-state index contributed by atoms with van der Waals surface area (Å²) in [5.41, 5.74) is 6.19. The molecule has 0 amide bonds. The molecule has 0 bridgehead atoms. The van der Waals surface area contributed by atoms with Crippen LogP contribution >= 0.6 is 15.9 Å². The van der Waals surface area contributed by atoms with Crippen LogP contribution in [0.5, 0.6) is 0 Å². The minimum atomic E-state index is -3.51. The Morgan fingerprint density at radius 3 is 2.50 bits per heavy atom. The molecule has 2 N–H and O–H groups in total. The van der Waals surface area contributed by atoms with Crippen LogP contribution < -0.4 is 5.73 Å². The molecular formula is C14H21BrN2O2S. The second-order valence-corrected chi connectivity index (χ2v) is 7.96. The number of benzene rings is 1. The van der Waals surface area contributed by atoms with Crippen LogP contribution in [0.4, 0.5) is 5.69 Å². The van der Waals surface area contributed by atoms with Gasteiger partial charge >= 0.3 is 0 Å². The van der Waals surface area contributed by atoms with Crippen molar-refractivity contribution >= 4 is 31.6 Å². The van der Waals surface area contributed by atoms with E-state index in [4.69, 9.17) is 5.73 Å². The molecule has 0 radical (unpaired) electrons. The molecule has 1 saturated carbocycles. The Hall–Kier alpha value is -0.590. The normalized spacial score (nSPS) is 17.6. The van der Waals surface area contributed by atoms with Crippen molar-refractivity contribution in [1.29, 1.82) is 0 Å². The Morgan fingerprint density at radius 1 is 1.30 bits per heavy atom. The highest BCUT2D eigenvalue weighted by Crippen LogP contribution is 2.30. The van der Waals surface area contributed by atoms with Crippen LogP contribution in [0.1, 0.15) is 39.0 Å². The molecule has 112 valence electrons. The van der Waals surface area contributed by atoms with E-state index in [0.717, 1.165) is 30.2 Å². The van der Waals surface area contributed by atoms with Gasteiger partial charge < -0.3 is 5.73 Å². The summed E-state index contributed by atoms with van der Waals surface area (Å²) >= 11 is 3.31. The number of nitrogens with zero attached hydrogens (tertiary/aromatic N) is 1. The molecule has 1 aromatic carbocycles. The van der Waals surface area contributed by atoms with Crippen molar-refractivity contribution < 1.29 is 8.42 Å². The van der Waals surface area contributed by atoms with Gasteiger partial charge in [0.15, 0.2) is 0 Å². The molecule has 0 unspecified atom stereocenters.